The molecule has 1 aliphatic rings. The number of benzene rings is 2. The minimum Gasteiger partial charge on any atom is -0.437 e. The van der Waals surface area contributed by atoms with Crippen molar-refractivity contribution in [3.05, 3.63) is 54.1 Å². The van der Waals surface area contributed by atoms with E-state index in [0.717, 1.165) is 29.9 Å². The topological polar surface area (TPSA) is 92.3 Å². The highest BCUT2D eigenvalue weighted by Gasteiger charge is 2.30. The van der Waals surface area contributed by atoms with Gasteiger partial charge in [-0.25, -0.2) is 9.97 Å². The molecule has 1 aliphatic heterocycles. The summed E-state index contributed by atoms with van der Waals surface area (Å²) in [5.41, 5.74) is 0.727. The van der Waals surface area contributed by atoms with Crippen LogP contribution in [0.2, 0.25) is 0 Å². The molecule has 5 rings (SSSR count). The monoisotopic (exact) mass is 570 g/mol. The highest BCUT2D eigenvalue weighted by Crippen LogP contribution is 2.36. The number of hydrogen-bond acceptors (Lipinski definition) is 8. The van der Waals surface area contributed by atoms with Gasteiger partial charge in [0.15, 0.2) is 10.9 Å². The number of thiazole rings is 1. The van der Waals surface area contributed by atoms with Crippen molar-refractivity contribution in [1.82, 2.24) is 19.9 Å². The van der Waals surface area contributed by atoms with E-state index in [1.54, 1.807) is 12.1 Å². The Morgan fingerprint density at radius 1 is 1.12 bits per heavy atom. The summed E-state index contributed by atoms with van der Waals surface area (Å²) in [6.07, 6.45) is -0.848. The van der Waals surface area contributed by atoms with E-state index in [-0.39, 0.29) is 11.8 Å². The largest absolute Gasteiger partial charge is 0.437 e. The summed E-state index contributed by atoms with van der Waals surface area (Å²) >= 11 is 1.32. The van der Waals surface area contributed by atoms with Gasteiger partial charge in [0.05, 0.1) is 16.0 Å². The van der Waals surface area contributed by atoms with E-state index in [1.807, 2.05) is 12.1 Å². The molecule has 4 aromatic rings. The number of aromatic nitrogens is 3. The highest BCUT2D eigenvalue weighted by molar-refractivity contribution is 7.22. The smallest absolute Gasteiger partial charge is 0.416 e. The number of halogens is 3. The first kappa shape index (κ1) is 27.8. The molecule has 1 saturated heterocycles. The van der Waals surface area contributed by atoms with Crippen LogP contribution >= 0.6 is 11.3 Å². The lowest BCUT2D eigenvalue weighted by atomic mass is 10.0. The lowest BCUT2D eigenvalue weighted by Crippen LogP contribution is -2.40. The van der Waals surface area contributed by atoms with Crippen LogP contribution in [0.15, 0.2) is 48.5 Å². The number of amides is 1. The predicted molar refractivity (Wildman–Crippen MR) is 150 cm³/mol. The van der Waals surface area contributed by atoms with Crippen molar-refractivity contribution in [2.45, 2.75) is 45.3 Å². The van der Waals surface area contributed by atoms with Crippen LogP contribution in [0.4, 0.5) is 24.3 Å². The minimum atomic E-state index is -4.43. The maximum atomic E-state index is 13.1. The quantitative estimate of drug-likeness (QED) is 0.240. The van der Waals surface area contributed by atoms with Crippen molar-refractivity contribution in [3.8, 4) is 22.9 Å². The van der Waals surface area contributed by atoms with Crippen LogP contribution in [0.25, 0.3) is 21.5 Å². The molecule has 0 bridgehead atoms. The first-order valence-electron chi connectivity index (χ1n) is 13.1. The predicted octanol–water partition coefficient (Wildman–Crippen LogP) is 6.81. The van der Waals surface area contributed by atoms with Gasteiger partial charge in [0.1, 0.15) is 5.52 Å². The van der Waals surface area contributed by atoms with Crippen molar-refractivity contribution in [3.63, 3.8) is 0 Å². The molecule has 40 heavy (non-hydrogen) atoms. The van der Waals surface area contributed by atoms with E-state index in [2.05, 4.69) is 37.4 Å². The molecule has 12 heteroatoms. The highest BCUT2D eigenvalue weighted by atomic mass is 32.1. The SMILES string of the molecule is CC(=O)Nc1nc2c(Oc3cc(-c4ccc(C(F)(F)F)cc4)nc(NCCN4CCCC[C@@H]4C)n3)cccc2s1. The number of nitrogens with zero attached hydrogens (tertiary/aromatic N) is 4. The Morgan fingerprint density at radius 3 is 2.65 bits per heavy atom. The summed E-state index contributed by atoms with van der Waals surface area (Å²) < 4.78 is 46.3. The van der Waals surface area contributed by atoms with E-state index in [1.165, 1.54) is 49.7 Å². The van der Waals surface area contributed by atoms with Crippen LogP contribution in [0.1, 0.15) is 38.7 Å². The maximum absolute atomic E-state index is 13.1. The summed E-state index contributed by atoms with van der Waals surface area (Å²) in [5.74, 6) is 0.713. The molecule has 0 unspecified atom stereocenters. The number of carbonyl (C=O) groups is 1. The van der Waals surface area contributed by atoms with Crippen molar-refractivity contribution in [2.75, 3.05) is 30.3 Å². The number of ether oxygens (including phenoxy) is 1. The normalized spacial score (nSPS) is 16.2. The summed E-state index contributed by atoms with van der Waals surface area (Å²) in [7, 11) is 0. The zero-order valence-electron chi connectivity index (χ0n) is 22.1. The summed E-state index contributed by atoms with van der Waals surface area (Å²) in [6, 6.07) is 12.3. The molecular formula is C28H29F3N6O2S. The first-order valence-corrected chi connectivity index (χ1v) is 13.9. The number of rotatable bonds is 8. The Labute approximate surface area is 233 Å². The summed E-state index contributed by atoms with van der Waals surface area (Å²) in [5, 5.41) is 6.39. The van der Waals surface area contributed by atoms with E-state index < -0.39 is 11.7 Å². The number of nitrogens with one attached hydrogen (secondary N) is 2. The number of para-hydroxylation sites is 1. The number of piperidine rings is 1. The lowest BCUT2D eigenvalue weighted by molar-refractivity contribution is -0.137. The molecule has 0 saturated carbocycles. The average molecular weight is 571 g/mol. The van der Waals surface area contributed by atoms with Crippen molar-refractivity contribution in [2.24, 2.45) is 0 Å². The third kappa shape index (κ3) is 6.68. The average Bonchev–Trinajstić information content (AvgIpc) is 3.32. The third-order valence-electron chi connectivity index (χ3n) is 6.71. The molecule has 2 aromatic heterocycles. The number of alkyl halides is 3. The van der Waals surface area contributed by atoms with Crippen molar-refractivity contribution in [1.29, 1.82) is 0 Å². The number of fused-ring (bicyclic) bond motifs is 1. The summed E-state index contributed by atoms with van der Waals surface area (Å²) in [6.45, 7) is 6.09. The van der Waals surface area contributed by atoms with Crippen LogP contribution in [0.5, 0.6) is 11.6 Å². The Kier molecular flexibility index (Phi) is 8.17. The van der Waals surface area contributed by atoms with Gasteiger partial charge in [-0.05, 0) is 50.6 Å². The lowest BCUT2D eigenvalue weighted by Gasteiger charge is -2.33. The molecule has 2 N–H and O–H groups in total. The van der Waals surface area contributed by atoms with Gasteiger partial charge in [0.25, 0.3) is 0 Å². The van der Waals surface area contributed by atoms with Gasteiger partial charge in [0, 0.05) is 37.7 Å². The van der Waals surface area contributed by atoms with E-state index in [9.17, 15) is 18.0 Å². The van der Waals surface area contributed by atoms with Gasteiger partial charge in [-0.2, -0.15) is 18.2 Å². The van der Waals surface area contributed by atoms with Crippen LogP contribution in [-0.2, 0) is 11.0 Å². The van der Waals surface area contributed by atoms with E-state index in [0.29, 0.717) is 46.2 Å². The number of anilines is 2. The Hall–Kier alpha value is -3.77. The van der Waals surface area contributed by atoms with Gasteiger partial charge >= 0.3 is 6.18 Å². The van der Waals surface area contributed by atoms with Crippen LogP contribution < -0.4 is 15.4 Å². The standard InChI is InChI=1S/C28H29F3N6O2S/c1-17-6-3-4-14-37(17)15-13-32-26-34-21(19-9-11-20(12-10-19)28(29,30)31)16-24(35-26)39-22-7-5-8-23-25(22)36-27(40-23)33-18(2)38/h5,7-12,16-17H,3-4,6,13-15H2,1-2H3,(H,32,34,35)(H,33,36,38)/t17-/m0/s1. The fourth-order valence-corrected chi connectivity index (χ4v) is 5.59. The second kappa shape index (κ2) is 11.8. The van der Waals surface area contributed by atoms with Gasteiger partial charge < -0.3 is 15.4 Å². The van der Waals surface area contributed by atoms with Crippen LogP contribution in [0, 0.1) is 0 Å². The molecule has 0 spiro atoms. The zero-order valence-corrected chi connectivity index (χ0v) is 22.9. The Morgan fingerprint density at radius 2 is 1.93 bits per heavy atom. The second-order valence-electron chi connectivity index (χ2n) is 9.70. The van der Waals surface area contributed by atoms with Crippen molar-refractivity contribution < 1.29 is 22.7 Å². The molecule has 3 heterocycles. The molecular weight excluding hydrogens is 541 g/mol. The number of carbonyl (C=O) groups excluding carboxylic acids is 1. The van der Waals surface area contributed by atoms with E-state index >= 15 is 0 Å². The minimum absolute atomic E-state index is 0.209. The van der Waals surface area contributed by atoms with E-state index in [4.69, 9.17) is 4.74 Å². The van der Waals surface area contributed by atoms with Crippen LogP contribution in [-0.4, -0.2) is 51.4 Å². The molecule has 1 amide bonds. The zero-order chi connectivity index (χ0) is 28.3. The number of hydrogen-bond donors (Lipinski definition) is 2. The molecule has 1 fully saturated rings. The van der Waals surface area contributed by atoms with Gasteiger partial charge in [-0.15, -0.1) is 0 Å². The summed E-state index contributed by atoms with van der Waals surface area (Å²) in [4.78, 5) is 27.5. The first-order chi connectivity index (χ1) is 19.2. The van der Waals surface area contributed by atoms with Gasteiger partial charge in [-0.3, -0.25) is 9.69 Å². The third-order valence-corrected chi connectivity index (χ3v) is 7.65. The fourth-order valence-electron chi connectivity index (χ4n) is 4.66. The molecule has 1 atom stereocenters. The van der Waals surface area contributed by atoms with Gasteiger partial charge in [-0.1, -0.05) is 36.0 Å². The molecule has 210 valence electrons. The van der Waals surface area contributed by atoms with Crippen LogP contribution in [0.3, 0.4) is 0 Å². The maximum Gasteiger partial charge on any atom is 0.416 e. The van der Waals surface area contributed by atoms with Crippen molar-refractivity contribution >= 4 is 38.5 Å². The molecule has 0 radical (unpaired) electrons. The molecule has 8 nitrogen and oxygen atoms in total. The fraction of sp³-hybridized carbons (Fsp3) is 0.357. The molecule has 0 aliphatic carbocycles. The Balaban J connectivity index is 1.43. The molecule has 2 aromatic carbocycles. The second-order valence-corrected chi connectivity index (χ2v) is 10.7. The number of likely N-dealkylation sites (tertiary alicyclic amines) is 1. The Bertz CT molecular complexity index is 1490. The van der Waals surface area contributed by atoms with Gasteiger partial charge in [0.2, 0.25) is 17.7 Å².